The summed E-state index contributed by atoms with van der Waals surface area (Å²) < 4.78 is 31.8. The minimum absolute atomic E-state index is 0.0259. The number of carbonyl (C=O) groups is 1. The Labute approximate surface area is 165 Å². The molecule has 7 nitrogen and oxygen atoms in total. The molecule has 1 amide bonds. The van der Waals surface area contributed by atoms with Gasteiger partial charge in [-0.15, -0.1) is 0 Å². The van der Waals surface area contributed by atoms with Crippen LogP contribution in [0, 0.1) is 0 Å². The summed E-state index contributed by atoms with van der Waals surface area (Å²) in [4.78, 5) is 12.2. The maximum absolute atomic E-state index is 12.2. The van der Waals surface area contributed by atoms with E-state index in [0.29, 0.717) is 23.4 Å². The summed E-state index contributed by atoms with van der Waals surface area (Å²) in [6.45, 7) is 3.05. The Morgan fingerprint density at radius 2 is 1.89 bits per heavy atom. The summed E-state index contributed by atoms with van der Waals surface area (Å²) in [5, 5.41) is 5.96. The molecule has 0 aliphatic carbocycles. The van der Waals surface area contributed by atoms with Crippen LogP contribution in [0.25, 0.3) is 0 Å². The molecule has 1 aliphatic heterocycles. The molecule has 0 bridgehead atoms. The minimum Gasteiger partial charge on any atom is -0.497 e. The van der Waals surface area contributed by atoms with Crippen molar-refractivity contribution in [3.63, 3.8) is 0 Å². The van der Waals surface area contributed by atoms with Gasteiger partial charge in [0.2, 0.25) is 15.9 Å². The van der Waals surface area contributed by atoms with Crippen molar-refractivity contribution in [1.29, 1.82) is 0 Å². The van der Waals surface area contributed by atoms with Crippen molar-refractivity contribution in [2.75, 3.05) is 17.6 Å². The van der Waals surface area contributed by atoms with E-state index in [-0.39, 0.29) is 17.7 Å². The molecule has 28 heavy (non-hydrogen) atoms. The zero-order chi connectivity index (χ0) is 20.3. The minimum atomic E-state index is -3.43. The number of carbonyl (C=O) groups excluding carboxylic acids is 1. The second-order valence-corrected chi connectivity index (χ2v) is 8.47. The molecule has 0 saturated heterocycles. The lowest BCUT2D eigenvalue weighted by molar-refractivity contribution is -0.130. The Bertz CT molecular complexity index is 1000. The molecule has 2 aromatic rings. The van der Waals surface area contributed by atoms with Crippen molar-refractivity contribution in [1.82, 2.24) is 5.01 Å². The number of rotatable bonds is 6. The molecule has 0 fully saturated rings. The summed E-state index contributed by atoms with van der Waals surface area (Å²) in [5.74, 6) is 0.529. The van der Waals surface area contributed by atoms with Crippen molar-refractivity contribution in [3.8, 4) is 5.75 Å². The number of hydrogen-bond acceptors (Lipinski definition) is 5. The second-order valence-electron chi connectivity index (χ2n) is 6.45. The summed E-state index contributed by atoms with van der Waals surface area (Å²) in [7, 11) is -1.83. The molecule has 8 heteroatoms. The van der Waals surface area contributed by atoms with Gasteiger partial charge in [-0.25, -0.2) is 13.4 Å². The highest BCUT2D eigenvalue weighted by Crippen LogP contribution is 2.35. The van der Waals surface area contributed by atoms with Crippen LogP contribution >= 0.6 is 0 Å². The fraction of sp³-hybridized carbons (Fsp3) is 0.300. The summed E-state index contributed by atoms with van der Waals surface area (Å²) in [6.07, 6.45) is 0.483. The fourth-order valence-electron chi connectivity index (χ4n) is 3.11. The first kappa shape index (κ1) is 19.9. The molecule has 0 spiro atoms. The van der Waals surface area contributed by atoms with Gasteiger partial charge < -0.3 is 4.74 Å². The fourth-order valence-corrected chi connectivity index (χ4v) is 3.77. The van der Waals surface area contributed by atoms with Gasteiger partial charge in [-0.2, -0.15) is 5.10 Å². The number of sulfonamides is 1. The molecular weight excluding hydrogens is 378 g/mol. The van der Waals surface area contributed by atoms with E-state index in [4.69, 9.17) is 4.74 Å². The molecule has 1 atom stereocenters. The van der Waals surface area contributed by atoms with E-state index in [0.717, 1.165) is 11.3 Å². The zero-order valence-corrected chi connectivity index (χ0v) is 16.9. The number of amides is 1. The summed E-state index contributed by atoms with van der Waals surface area (Å²) >= 11 is 0. The Morgan fingerprint density at radius 3 is 2.50 bits per heavy atom. The Kier molecular flexibility index (Phi) is 5.69. The maximum atomic E-state index is 12.2. The lowest BCUT2D eigenvalue weighted by Crippen LogP contribution is -2.24. The third-order valence-corrected chi connectivity index (χ3v) is 5.91. The van der Waals surface area contributed by atoms with E-state index < -0.39 is 10.0 Å². The first-order chi connectivity index (χ1) is 13.3. The molecule has 1 heterocycles. The highest BCUT2D eigenvalue weighted by atomic mass is 32.2. The normalized spacial score (nSPS) is 16.6. The van der Waals surface area contributed by atoms with Gasteiger partial charge in [0.15, 0.2) is 0 Å². The summed E-state index contributed by atoms with van der Waals surface area (Å²) in [5.41, 5.74) is 2.72. The van der Waals surface area contributed by atoms with Crippen LogP contribution in [-0.4, -0.2) is 37.9 Å². The van der Waals surface area contributed by atoms with E-state index >= 15 is 0 Å². The van der Waals surface area contributed by atoms with Gasteiger partial charge in [0, 0.05) is 18.9 Å². The number of ether oxygens (including phenoxy) is 1. The van der Waals surface area contributed by atoms with E-state index in [9.17, 15) is 13.2 Å². The summed E-state index contributed by atoms with van der Waals surface area (Å²) in [6, 6.07) is 14.3. The lowest BCUT2D eigenvalue weighted by atomic mass is 9.97. The first-order valence-electron chi connectivity index (χ1n) is 8.95. The molecule has 0 aromatic heterocycles. The van der Waals surface area contributed by atoms with Gasteiger partial charge in [0.1, 0.15) is 5.75 Å². The molecule has 1 N–H and O–H groups in total. The topological polar surface area (TPSA) is 88.1 Å². The van der Waals surface area contributed by atoms with Crippen LogP contribution in [-0.2, 0) is 14.8 Å². The van der Waals surface area contributed by atoms with E-state index in [1.54, 1.807) is 32.2 Å². The average molecular weight is 401 g/mol. The SMILES string of the molecule is CCS(=O)(=O)Nc1ccccc1C1=NN(C(C)=O)[C@@H](c2ccc(OC)cc2)C1. The van der Waals surface area contributed by atoms with Crippen LogP contribution < -0.4 is 9.46 Å². The van der Waals surface area contributed by atoms with Crippen LogP contribution in [0.4, 0.5) is 5.69 Å². The molecule has 148 valence electrons. The number of hydrazone groups is 1. The number of nitrogens with one attached hydrogen (secondary N) is 1. The monoisotopic (exact) mass is 401 g/mol. The maximum Gasteiger partial charge on any atom is 0.240 e. The van der Waals surface area contributed by atoms with E-state index in [1.165, 1.54) is 11.9 Å². The van der Waals surface area contributed by atoms with E-state index in [2.05, 4.69) is 9.82 Å². The van der Waals surface area contributed by atoms with Crippen LogP contribution in [0.5, 0.6) is 5.75 Å². The largest absolute Gasteiger partial charge is 0.497 e. The number of hydrogen-bond donors (Lipinski definition) is 1. The molecule has 0 saturated carbocycles. The van der Waals surface area contributed by atoms with Gasteiger partial charge in [-0.1, -0.05) is 30.3 Å². The first-order valence-corrected chi connectivity index (χ1v) is 10.6. The van der Waals surface area contributed by atoms with Gasteiger partial charge in [-0.3, -0.25) is 9.52 Å². The molecule has 2 aromatic carbocycles. The number of methoxy groups -OCH3 is 1. The number of benzene rings is 2. The number of para-hydroxylation sites is 1. The average Bonchev–Trinajstić information content (AvgIpc) is 3.14. The smallest absolute Gasteiger partial charge is 0.240 e. The third-order valence-electron chi connectivity index (χ3n) is 4.62. The van der Waals surface area contributed by atoms with Crippen molar-refractivity contribution in [3.05, 3.63) is 59.7 Å². The number of anilines is 1. The van der Waals surface area contributed by atoms with Crippen molar-refractivity contribution in [2.45, 2.75) is 26.3 Å². The van der Waals surface area contributed by atoms with Gasteiger partial charge >= 0.3 is 0 Å². The van der Waals surface area contributed by atoms with Crippen molar-refractivity contribution < 1.29 is 17.9 Å². The molecule has 1 aliphatic rings. The molecule has 0 unspecified atom stereocenters. The molecule has 0 radical (unpaired) electrons. The predicted octanol–water partition coefficient (Wildman–Crippen LogP) is 3.15. The van der Waals surface area contributed by atoms with Crippen LogP contribution in [0.2, 0.25) is 0 Å². The van der Waals surface area contributed by atoms with Crippen LogP contribution in [0.3, 0.4) is 0 Å². The van der Waals surface area contributed by atoms with Crippen molar-refractivity contribution >= 4 is 27.3 Å². The molecular formula is C20H23N3O4S. The Balaban J connectivity index is 1.95. The highest BCUT2D eigenvalue weighted by molar-refractivity contribution is 7.92. The van der Waals surface area contributed by atoms with E-state index in [1.807, 2.05) is 30.3 Å². The number of nitrogens with zero attached hydrogens (tertiary/aromatic N) is 2. The third kappa shape index (κ3) is 4.17. The van der Waals surface area contributed by atoms with Gasteiger partial charge in [0.05, 0.1) is 30.3 Å². The molecule has 3 rings (SSSR count). The Morgan fingerprint density at radius 1 is 1.21 bits per heavy atom. The van der Waals surface area contributed by atoms with Crippen molar-refractivity contribution in [2.24, 2.45) is 5.10 Å². The van der Waals surface area contributed by atoms with Gasteiger partial charge in [0.25, 0.3) is 0 Å². The quantitative estimate of drug-likeness (QED) is 0.805. The highest BCUT2D eigenvalue weighted by Gasteiger charge is 2.32. The zero-order valence-electron chi connectivity index (χ0n) is 16.0. The Hall–Kier alpha value is -2.87. The second kappa shape index (κ2) is 8.02. The van der Waals surface area contributed by atoms with Gasteiger partial charge in [-0.05, 0) is 30.7 Å². The predicted molar refractivity (Wildman–Crippen MR) is 109 cm³/mol. The van der Waals surface area contributed by atoms with Crippen LogP contribution in [0.1, 0.15) is 37.4 Å². The standard InChI is InChI=1S/C20H23N3O4S/c1-4-28(25,26)22-18-8-6-5-7-17(18)19-13-20(23(21-19)14(2)24)15-9-11-16(27-3)12-10-15/h5-12,20,22H,4,13H2,1-3H3/t20-/m1/s1. The lowest BCUT2D eigenvalue weighted by Gasteiger charge is -2.20. The van der Waals surface area contributed by atoms with Crippen LogP contribution in [0.15, 0.2) is 53.6 Å².